The predicted molar refractivity (Wildman–Crippen MR) is 129 cm³/mol. The van der Waals surface area contributed by atoms with Gasteiger partial charge in [-0.25, -0.2) is 18.4 Å². The number of piperidine rings is 1. The van der Waals surface area contributed by atoms with Gasteiger partial charge in [-0.3, -0.25) is 0 Å². The fourth-order valence-corrected chi connectivity index (χ4v) is 5.42. The first-order valence-corrected chi connectivity index (χ1v) is 13.1. The number of para-hydroxylation sites is 1. The van der Waals surface area contributed by atoms with E-state index in [4.69, 9.17) is 16.6 Å². The Morgan fingerprint density at radius 3 is 2.50 bits per heavy atom. The maximum absolute atomic E-state index is 11.9. The predicted octanol–water partition coefficient (Wildman–Crippen LogP) is 4.70. The van der Waals surface area contributed by atoms with Crippen molar-refractivity contribution in [3.63, 3.8) is 0 Å². The largest absolute Gasteiger partial charge is 0.323 e. The molecule has 0 radical (unpaired) electrons. The molecule has 0 amide bonds. The second-order valence-corrected chi connectivity index (χ2v) is 10.9. The van der Waals surface area contributed by atoms with Crippen LogP contribution in [0.15, 0.2) is 53.4 Å². The first kappa shape index (κ1) is 21.4. The summed E-state index contributed by atoms with van der Waals surface area (Å²) in [6, 6.07) is 14.9. The van der Waals surface area contributed by atoms with Crippen LogP contribution in [0.3, 0.4) is 0 Å². The molecule has 1 aliphatic heterocycles. The van der Waals surface area contributed by atoms with E-state index in [1.807, 2.05) is 30.3 Å². The highest BCUT2D eigenvalue weighted by atomic mass is 35.5. The topological polar surface area (TPSA) is 76.9 Å². The zero-order chi connectivity index (χ0) is 22.3. The number of hydrogen-bond acceptors (Lipinski definition) is 5. The van der Waals surface area contributed by atoms with Crippen molar-refractivity contribution in [2.24, 2.45) is 5.92 Å². The van der Waals surface area contributed by atoms with Crippen LogP contribution in [-0.4, -0.2) is 42.3 Å². The molecule has 3 heterocycles. The number of halogens is 1. The third-order valence-corrected chi connectivity index (χ3v) is 7.69. The first-order chi connectivity index (χ1) is 15.4. The number of rotatable bonds is 5. The fraction of sp³-hybridized carbons (Fsp3) is 0.333. The Labute approximate surface area is 192 Å². The Balaban J connectivity index is 1.67. The lowest BCUT2D eigenvalue weighted by atomic mass is 9.94. The van der Waals surface area contributed by atoms with E-state index in [-0.39, 0.29) is 0 Å². The summed E-state index contributed by atoms with van der Waals surface area (Å²) in [5.41, 5.74) is 3.36. The molecule has 0 atom stereocenters. The quantitative estimate of drug-likeness (QED) is 0.429. The lowest BCUT2D eigenvalue weighted by molar-refractivity contribution is 0.340. The lowest BCUT2D eigenvalue weighted by Gasteiger charge is -2.23. The number of nitrogens with one attached hydrogen (secondary N) is 1. The van der Waals surface area contributed by atoms with Crippen LogP contribution < -0.4 is 5.32 Å². The molecule has 1 saturated heterocycles. The Morgan fingerprint density at radius 1 is 1.06 bits per heavy atom. The second-order valence-electron chi connectivity index (χ2n) is 8.48. The molecule has 0 unspecified atom stereocenters. The Hall–Kier alpha value is -2.48. The number of sulfone groups is 1. The van der Waals surface area contributed by atoms with Crippen LogP contribution in [0.25, 0.3) is 33.3 Å². The SMILES string of the molecule is CS(=O)(=O)c1ccc(-c2nc3c(Cl)nc4ccccc4c3n2CCC2CCNCC2)cc1. The third kappa shape index (κ3) is 4.00. The van der Waals surface area contributed by atoms with Gasteiger partial charge in [0.25, 0.3) is 0 Å². The van der Waals surface area contributed by atoms with E-state index in [9.17, 15) is 8.42 Å². The van der Waals surface area contributed by atoms with Crippen LogP contribution in [0.2, 0.25) is 5.15 Å². The summed E-state index contributed by atoms with van der Waals surface area (Å²) in [5.74, 6) is 1.45. The highest BCUT2D eigenvalue weighted by molar-refractivity contribution is 7.90. The highest BCUT2D eigenvalue weighted by Gasteiger charge is 2.21. The van der Waals surface area contributed by atoms with E-state index >= 15 is 0 Å². The summed E-state index contributed by atoms with van der Waals surface area (Å²) in [7, 11) is -3.26. The number of nitrogens with zero attached hydrogens (tertiary/aromatic N) is 3. The van der Waals surface area contributed by atoms with Crippen LogP contribution in [0.1, 0.15) is 19.3 Å². The molecule has 0 bridgehead atoms. The Bertz CT molecular complexity index is 1390. The maximum atomic E-state index is 11.9. The second kappa shape index (κ2) is 8.46. The summed E-state index contributed by atoms with van der Waals surface area (Å²) >= 11 is 6.57. The molecule has 6 nitrogen and oxygen atoms in total. The summed E-state index contributed by atoms with van der Waals surface area (Å²) < 4.78 is 26.0. The normalized spacial score (nSPS) is 15.6. The molecule has 0 saturated carbocycles. The summed E-state index contributed by atoms with van der Waals surface area (Å²) in [6.45, 7) is 2.94. The van der Waals surface area contributed by atoms with Gasteiger partial charge < -0.3 is 9.88 Å². The zero-order valence-corrected chi connectivity index (χ0v) is 19.5. The lowest BCUT2D eigenvalue weighted by Crippen LogP contribution is -2.28. The van der Waals surface area contributed by atoms with Gasteiger partial charge in [-0.1, -0.05) is 29.8 Å². The van der Waals surface area contributed by atoms with Crippen LogP contribution in [-0.2, 0) is 16.4 Å². The number of benzene rings is 2. The van der Waals surface area contributed by atoms with Crippen LogP contribution in [0, 0.1) is 5.92 Å². The van der Waals surface area contributed by atoms with Crippen molar-refractivity contribution in [2.45, 2.75) is 30.7 Å². The molecule has 2 aromatic carbocycles. The molecule has 5 rings (SSSR count). The highest BCUT2D eigenvalue weighted by Crippen LogP contribution is 2.34. The zero-order valence-electron chi connectivity index (χ0n) is 17.9. The molecule has 0 aliphatic carbocycles. The average molecular weight is 469 g/mol. The van der Waals surface area contributed by atoms with Crippen molar-refractivity contribution in [1.29, 1.82) is 0 Å². The van der Waals surface area contributed by atoms with Crippen molar-refractivity contribution in [3.8, 4) is 11.4 Å². The molecule has 1 N–H and O–H groups in total. The molecule has 1 aliphatic rings. The number of aromatic nitrogens is 3. The Morgan fingerprint density at radius 2 is 1.78 bits per heavy atom. The molecule has 2 aromatic heterocycles. The van der Waals surface area contributed by atoms with E-state index in [2.05, 4.69) is 20.9 Å². The van der Waals surface area contributed by atoms with E-state index in [1.54, 1.807) is 12.1 Å². The minimum Gasteiger partial charge on any atom is -0.323 e. The monoisotopic (exact) mass is 468 g/mol. The van der Waals surface area contributed by atoms with Gasteiger partial charge in [0.2, 0.25) is 0 Å². The van der Waals surface area contributed by atoms with Gasteiger partial charge in [-0.05, 0) is 68.6 Å². The van der Waals surface area contributed by atoms with E-state index in [0.29, 0.717) is 21.5 Å². The summed E-state index contributed by atoms with van der Waals surface area (Å²) in [6.07, 6.45) is 4.62. The van der Waals surface area contributed by atoms with Crippen LogP contribution in [0.4, 0.5) is 0 Å². The van der Waals surface area contributed by atoms with Crippen molar-refractivity contribution in [1.82, 2.24) is 19.9 Å². The molecule has 166 valence electrons. The number of hydrogen-bond donors (Lipinski definition) is 1. The van der Waals surface area contributed by atoms with E-state index in [1.165, 1.54) is 19.1 Å². The van der Waals surface area contributed by atoms with Gasteiger partial charge in [0.1, 0.15) is 11.3 Å². The van der Waals surface area contributed by atoms with Crippen LogP contribution in [0.5, 0.6) is 0 Å². The third-order valence-electron chi connectivity index (χ3n) is 6.30. The van der Waals surface area contributed by atoms with Gasteiger partial charge in [0, 0.05) is 23.8 Å². The van der Waals surface area contributed by atoms with Crippen molar-refractivity contribution in [2.75, 3.05) is 19.3 Å². The standard InChI is InChI=1S/C24H25ClN4O2S/c1-32(30,31)18-8-6-17(7-9-18)24-28-21-22(19-4-2-3-5-20(19)27-23(21)25)29(24)15-12-16-10-13-26-14-11-16/h2-9,16,26H,10-15H2,1H3. The summed E-state index contributed by atoms with van der Waals surface area (Å²) in [5, 5.41) is 4.83. The molecule has 0 spiro atoms. The van der Waals surface area contributed by atoms with Gasteiger partial charge in [-0.2, -0.15) is 0 Å². The maximum Gasteiger partial charge on any atom is 0.175 e. The van der Waals surface area contributed by atoms with Crippen LogP contribution >= 0.6 is 11.6 Å². The fourth-order valence-electron chi connectivity index (χ4n) is 4.57. The summed E-state index contributed by atoms with van der Waals surface area (Å²) in [4.78, 5) is 9.74. The smallest absolute Gasteiger partial charge is 0.175 e. The number of imidazole rings is 1. The first-order valence-electron chi connectivity index (χ1n) is 10.9. The van der Waals surface area contributed by atoms with Gasteiger partial charge >= 0.3 is 0 Å². The average Bonchev–Trinajstić information content (AvgIpc) is 3.18. The van der Waals surface area contributed by atoms with Gasteiger partial charge in [0.15, 0.2) is 15.0 Å². The minimum absolute atomic E-state index is 0.295. The molecule has 8 heteroatoms. The molecule has 1 fully saturated rings. The Kier molecular flexibility index (Phi) is 5.65. The molecule has 4 aromatic rings. The van der Waals surface area contributed by atoms with E-state index < -0.39 is 9.84 Å². The molecule has 32 heavy (non-hydrogen) atoms. The number of fused-ring (bicyclic) bond motifs is 3. The van der Waals surface area contributed by atoms with Crippen molar-refractivity contribution >= 4 is 43.4 Å². The molecular weight excluding hydrogens is 444 g/mol. The van der Waals surface area contributed by atoms with Gasteiger partial charge in [0.05, 0.1) is 15.9 Å². The van der Waals surface area contributed by atoms with E-state index in [0.717, 1.165) is 53.9 Å². The minimum atomic E-state index is -3.26. The number of pyridine rings is 1. The van der Waals surface area contributed by atoms with Crippen molar-refractivity contribution in [3.05, 3.63) is 53.7 Å². The number of aryl methyl sites for hydroxylation is 1. The molecular formula is C24H25ClN4O2S. The van der Waals surface area contributed by atoms with Crippen molar-refractivity contribution < 1.29 is 8.42 Å². The van der Waals surface area contributed by atoms with Gasteiger partial charge in [-0.15, -0.1) is 0 Å².